The number of aromatic nitrogens is 3. The quantitative estimate of drug-likeness (QED) is 0.185. The summed E-state index contributed by atoms with van der Waals surface area (Å²) in [5, 5.41) is 2.49. The smallest absolute Gasteiger partial charge is 0.164 e. The molecule has 9 aromatic rings. The van der Waals surface area contributed by atoms with E-state index in [0.29, 0.717) is 17.5 Å². The third kappa shape index (κ3) is 4.53. The van der Waals surface area contributed by atoms with Crippen LogP contribution in [-0.4, -0.2) is 15.0 Å². The van der Waals surface area contributed by atoms with E-state index in [1.165, 1.54) is 38.6 Å². The molecule has 0 saturated carbocycles. The molecule has 0 bridgehead atoms. The lowest BCUT2D eigenvalue weighted by Crippen LogP contribution is -2.32. The number of benzene rings is 8. The third-order valence-corrected chi connectivity index (χ3v) is 11.0. The Kier molecular flexibility index (Phi) is 6.73. The molecule has 1 spiro atoms. The molecule has 1 aliphatic carbocycles. The van der Waals surface area contributed by atoms with E-state index in [1.54, 1.807) is 0 Å². The van der Waals surface area contributed by atoms with Crippen molar-refractivity contribution in [3.05, 3.63) is 210 Å². The Hall–Kier alpha value is -7.17. The molecule has 4 heteroatoms. The van der Waals surface area contributed by atoms with E-state index in [-0.39, 0.29) is 0 Å². The SMILES string of the molecule is c1ccc(-c2nc(-c3ccccc3)nc(-c3ccc(-c4ccc5c(c4)Oc4ccccc4C54c5ccccc5-c5ccc6ccccc6c54)cc3)n2)cc1. The number of ether oxygens (including phenoxy) is 1. The Balaban J connectivity index is 1.05. The number of nitrogens with zero attached hydrogens (tertiary/aromatic N) is 3. The van der Waals surface area contributed by atoms with Crippen molar-refractivity contribution in [3.8, 4) is 67.9 Å². The van der Waals surface area contributed by atoms with Crippen LogP contribution in [0.3, 0.4) is 0 Å². The first-order valence-electron chi connectivity index (χ1n) is 18.3. The number of fused-ring (bicyclic) bond motifs is 11. The summed E-state index contributed by atoms with van der Waals surface area (Å²) in [6.07, 6.45) is 0. The average Bonchev–Trinajstić information content (AvgIpc) is 3.55. The van der Waals surface area contributed by atoms with E-state index in [0.717, 1.165) is 44.9 Å². The molecule has 54 heavy (non-hydrogen) atoms. The number of para-hydroxylation sites is 1. The van der Waals surface area contributed by atoms with Gasteiger partial charge in [-0.1, -0.05) is 176 Å². The minimum Gasteiger partial charge on any atom is -0.457 e. The zero-order valence-electron chi connectivity index (χ0n) is 29.1. The molecule has 0 N–H and O–H groups in total. The molecule has 8 aromatic carbocycles. The summed E-state index contributed by atoms with van der Waals surface area (Å²) in [4.78, 5) is 14.7. The van der Waals surface area contributed by atoms with Crippen molar-refractivity contribution < 1.29 is 4.74 Å². The summed E-state index contributed by atoms with van der Waals surface area (Å²) in [7, 11) is 0. The lowest BCUT2D eigenvalue weighted by atomic mass is 9.65. The summed E-state index contributed by atoms with van der Waals surface area (Å²) in [5.41, 5.74) is 11.9. The van der Waals surface area contributed by atoms with Gasteiger partial charge in [0.05, 0.1) is 5.41 Å². The van der Waals surface area contributed by atoms with E-state index < -0.39 is 5.41 Å². The first-order valence-corrected chi connectivity index (χ1v) is 18.3. The van der Waals surface area contributed by atoms with Crippen LogP contribution in [0.4, 0.5) is 0 Å². The molecule has 1 unspecified atom stereocenters. The Morgan fingerprint density at radius 1 is 0.352 bits per heavy atom. The highest BCUT2D eigenvalue weighted by Gasteiger charge is 2.51. The van der Waals surface area contributed by atoms with Gasteiger partial charge in [-0.05, 0) is 56.3 Å². The highest BCUT2D eigenvalue weighted by Crippen LogP contribution is 2.63. The fourth-order valence-corrected chi connectivity index (χ4v) is 8.61. The third-order valence-electron chi connectivity index (χ3n) is 11.0. The Morgan fingerprint density at radius 2 is 0.889 bits per heavy atom. The molecule has 4 nitrogen and oxygen atoms in total. The molecule has 1 aliphatic heterocycles. The Bertz CT molecular complexity index is 2850. The van der Waals surface area contributed by atoms with Crippen LogP contribution in [0, 0.1) is 0 Å². The van der Waals surface area contributed by atoms with E-state index >= 15 is 0 Å². The summed E-state index contributed by atoms with van der Waals surface area (Å²) in [5.74, 6) is 3.67. The maximum Gasteiger partial charge on any atom is 0.164 e. The van der Waals surface area contributed by atoms with Gasteiger partial charge in [0, 0.05) is 27.8 Å². The van der Waals surface area contributed by atoms with Crippen molar-refractivity contribution >= 4 is 10.8 Å². The average molecular weight is 690 g/mol. The van der Waals surface area contributed by atoms with E-state index in [4.69, 9.17) is 19.7 Å². The van der Waals surface area contributed by atoms with Crippen LogP contribution in [0.25, 0.3) is 67.2 Å². The molecular formula is C50H31N3O. The predicted molar refractivity (Wildman–Crippen MR) is 216 cm³/mol. The zero-order chi connectivity index (χ0) is 35.6. The van der Waals surface area contributed by atoms with E-state index in [2.05, 4.69) is 127 Å². The predicted octanol–water partition coefficient (Wildman–Crippen LogP) is 12.2. The fraction of sp³-hybridized carbons (Fsp3) is 0.0200. The van der Waals surface area contributed by atoms with Gasteiger partial charge in [0.25, 0.3) is 0 Å². The van der Waals surface area contributed by atoms with Crippen LogP contribution in [0.1, 0.15) is 22.3 Å². The van der Waals surface area contributed by atoms with E-state index in [1.807, 2.05) is 60.7 Å². The standard InChI is InChI=1S/C50H31N3O/c1-3-14-34(15-4-1)47-51-48(35-16-5-2-6-17-35)53-49(52-47)36-25-23-32(24-26-36)37-28-30-43-45(31-37)54-44-22-12-11-21-42(44)50(43)41-20-10-9-19-39(41)40-29-27-33-13-7-8-18-38(33)46(40)50/h1-31H. The Morgan fingerprint density at radius 3 is 1.61 bits per heavy atom. The number of hydrogen-bond donors (Lipinski definition) is 0. The molecular weight excluding hydrogens is 659 g/mol. The first kappa shape index (κ1) is 30.5. The van der Waals surface area contributed by atoms with Gasteiger partial charge in [-0.15, -0.1) is 0 Å². The molecule has 0 saturated heterocycles. The molecule has 1 aromatic heterocycles. The lowest BCUT2D eigenvalue weighted by molar-refractivity contribution is 0.437. The van der Waals surface area contributed by atoms with Crippen molar-refractivity contribution in [1.29, 1.82) is 0 Å². The van der Waals surface area contributed by atoms with Crippen LogP contribution >= 0.6 is 0 Å². The normalized spacial score (nSPS) is 14.9. The number of rotatable bonds is 4. The van der Waals surface area contributed by atoms with Gasteiger partial charge >= 0.3 is 0 Å². The van der Waals surface area contributed by atoms with Gasteiger partial charge in [-0.3, -0.25) is 0 Å². The molecule has 2 aliphatic rings. The zero-order valence-corrected chi connectivity index (χ0v) is 29.1. The second-order valence-electron chi connectivity index (χ2n) is 13.9. The van der Waals surface area contributed by atoms with Gasteiger partial charge in [-0.25, -0.2) is 15.0 Å². The topological polar surface area (TPSA) is 47.9 Å². The summed E-state index contributed by atoms with van der Waals surface area (Å²) in [6.45, 7) is 0. The first-order chi connectivity index (χ1) is 26.8. The lowest BCUT2D eigenvalue weighted by Gasteiger charge is -2.40. The second-order valence-corrected chi connectivity index (χ2v) is 13.9. The Labute approximate surface area is 313 Å². The second kappa shape index (κ2) is 11.9. The van der Waals surface area contributed by atoms with Crippen molar-refractivity contribution in [2.45, 2.75) is 5.41 Å². The molecule has 252 valence electrons. The van der Waals surface area contributed by atoms with Gasteiger partial charge in [0.1, 0.15) is 11.5 Å². The van der Waals surface area contributed by atoms with Crippen LogP contribution in [0.2, 0.25) is 0 Å². The highest BCUT2D eigenvalue weighted by molar-refractivity contribution is 6.01. The van der Waals surface area contributed by atoms with Crippen molar-refractivity contribution in [2.24, 2.45) is 0 Å². The van der Waals surface area contributed by atoms with Crippen molar-refractivity contribution in [2.75, 3.05) is 0 Å². The maximum atomic E-state index is 6.84. The minimum absolute atomic E-state index is 0.537. The molecule has 2 heterocycles. The minimum atomic E-state index is -0.537. The molecule has 0 fully saturated rings. The van der Waals surface area contributed by atoms with Crippen molar-refractivity contribution in [1.82, 2.24) is 15.0 Å². The van der Waals surface area contributed by atoms with Gasteiger partial charge in [0.2, 0.25) is 0 Å². The summed E-state index contributed by atoms with van der Waals surface area (Å²) in [6, 6.07) is 66.1. The fourth-order valence-electron chi connectivity index (χ4n) is 8.61. The number of hydrogen-bond acceptors (Lipinski definition) is 4. The molecule has 0 radical (unpaired) electrons. The van der Waals surface area contributed by atoms with Crippen LogP contribution in [-0.2, 0) is 5.41 Å². The highest BCUT2D eigenvalue weighted by atomic mass is 16.5. The summed E-state index contributed by atoms with van der Waals surface area (Å²) < 4.78 is 6.84. The largest absolute Gasteiger partial charge is 0.457 e. The maximum absolute atomic E-state index is 6.84. The molecule has 11 rings (SSSR count). The summed E-state index contributed by atoms with van der Waals surface area (Å²) >= 11 is 0. The van der Waals surface area contributed by atoms with E-state index in [9.17, 15) is 0 Å². The van der Waals surface area contributed by atoms with Crippen molar-refractivity contribution in [3.63, 3.8) is 0 Å². The van der Waals surface area contributed by atoms with Crippen LogP contribution in [0.5, 0.6) is 11.5 Å². The van der Waals surface area contributed by atoms with Crippen LogP contribution < -0.4 is 4.74 Å². The molecule has 1 atom stereocenters. The van der Waals surface area contributed by atoms with Gasteiger partial charge < -0.3 is 4.74 Å². The van der Waals surface area contributed by atoms with Crippen LogP contribution in [0.15, 0.2) is 188 Å². The van der Waals surface area contributed by atoms with Gasteiger partial charge in [-0.2, -0.15) is 0 Å². The van der Waals surface area contributed by atoms with Gasteiger partial charge in [0.15, 0.2) is 17.5 Å². The monoisotopic (exact) mass is 689 g/mol. The molecule has 0 amide bonds.